The predicted octanol–water partition coefficient (Wildman–Crippen LogP) is 0.788. The van der Waals surface area contributed by atoms with Crippen molar-refractivity contribution in [2.45, 2.75) is 39.2 Å². The molecule has 0 saturated carbocycles. The van der Waals surface area contributed by atoms with Gasteiger partial charge in [-0.15, -0.1) is 0 Å². The van der Waals surface area contributed by atoms with Gasteiger partial charge in [-0.3, -0.25) is 4.79 Å². The zero-order valence-corrected chi connectivity index (χ0v) is 13.1. The van der Waals surface area contributed by atoms with Crippen molar-refractivity contribution in [1.82, 2.24) is 20.6 Å². The molecule has 0 unspecified atom stereocenters. The van der Waals surface area contributed by atoms with Crippen LogP contribution in [0, 0.1) is 13.8 Å². The van der Waals surface area contributed by atoms with Crippen LogP contribution in [-0.4, -0.2) is 48.6 Å². The number of nitrogens with one attached hydrogen (secondary N) is 2. The quantitative estimate of drug-likeness (QED) is 0.839. The van der Waals surface area contributed by atoms with Crippen LogP contribution in [0.1, 0.15) is 30.8 Å². The van der Waals surface area contributed by atoms with E-state index in [9.17, 15) is 4.79 Å². The smallest absolute Gasteiger partial charge is 0.221 e. The maximum atomic E-state index is 11.7. The topological polar surface area (TPSA) is 70.2 Å². The Labute approximate surface area is 126 Å². The summed E-state index contributed by atoms with van der Waals surface area (Å²) in [7, 11) is 1.86. The lowest BCUT2D eigenvalue weighted by Crippen LogP contribution is -2.45. The summed E-state index contributed by atoms with van der Waals surface area (Å²) in [5.74, 6) is 1.95. The number of aryl methyl sites for hydroxylation is 2. The minimum Gasteiger partial charge on any atom is -0.356 e. The summed E-state index contributed by atoms with van der Waals surface area (Å²) in [6, 6.07) is 2.31. The zero-order chi connectivity index (χ0) is 15.2. The van der Waals surface area contributed by atoms with Crippen molar-refractivity contribution in [3.8, 4) is 0 Å². The Bertz CT molecular complexity index is 463. The van der Waals surface area contributed by atoms with E-state index in [4.69, 9.17) is 0 Å². The van der Waals surface area contributed by atoms with Crippen molar-refractivity contribution in [3.63, 3.8) is 0 Å². The molecule has 1 aliphatic rings. The summed E-state index contributed by atoms with van der Waals surface area (Å²) in [5, 5.41) is 6.10. The minimum absolute atomic E-state index is 0.136. The highest BCUT2D eigenvalue weighted by atomic mass is 16.1. The number of carbonyl (C=O) groups excluding carboxylic acids is 1. The summed E-state index contributed by atoms with van der Waals surface area (Å²) in [6.45, 7) is 6.49. The Morgan fingerprint density at radius 2 is 2.05 bits per heavy atom. The number of piperidine rings is 1. The van der Waals surface area contributed by atoms with Crippen LogP contribution < -0.4 is 15.5 Å². The normalized spacial score (nSPS) is 16.0. The predicted molar refractivity (Wildman–Crippen MR) is 83.4 cm³/mol. The molecule has 0 aliphatic carbocycles. The van der Waals surface area contributed by atoms with Gasteiger partial charge in [-0.25, -0.2) is 9.97 Å². The van der Waals surface area contributed by atoms with Crippen LogP contribution in [0.5, 0.6) is 0 Å². The van der Waals surface area contributed by atoms with Crippen LogP contribution in [0.15, 0.2) is 6.07 Å². The lowest BCUT2D eigenvalue weighted by Gasteiger charge is -2.33. The first-order valence-electron chi connectivity index (χ1n) is 7.59. The van der Waals surface area contributed by atoms with Gasteiger partial charge in [-0.1, -0.05) is 0 Å². The number of nitrogens with zero attached hydrogens (tertiary/aromatic N) is 3. The van der Waals surface area contributed by atoms with Crippen LogP contribution >= 0.6 is 0 Å². The van der Waals surface area contributed by atoms with Crippen molar-refractivity contribution in [1.29, 1.82) is 0 Å². The highest BCUT2D eigenvalue weighted by molar-refractivity contribution is 5.76. The second-order valence-corrected chi connectivity index (χ2v) is 5.60. The third-order valence-corrected chi connectivity index (χ3v) is 3.74. The van der Waals surface area contributed by atoms with Crippen molar-refractivity contribution in [2.75, 3.05) is 31.6 Å². The van der Waals surface area contributed by atoms with Gasteiger partial charge in [0.25, 0.3) is 0 Å². The molecule has 2 heterocycles. The SMILES string of the molecule is CNCCC(=O)NC1CCN(c2cc(C)nc(C)n2)CC1. The molecule has 1 aromatic heterocycles. The number of hydrogen-bond acceptors (Lipinski definition) is 5. The molecule has 6 heteroatoms. The molecule has 0 aromatic carbocycles. The zero-order valence-electron chi connectivity index (χ0n) is 13.1. The highest BCUT2D eigenvalue weighted by Gasteiger charge is 2.21. The average Bonchev–Trinajstić information content (AvgIpc) is 2.45. The van der Waals surface area contributed by atoms with Crippen LogP contribution in [0.2, 0.25) is 0 Å². The number of hydrogen-bond donors (Lipinski definition) is 2. The van der Waals surface area contributed by atoms with E-state index < -0.39 is 0 Å². The molecule has 0 atom stereocenters. The Hall–Kier alpha value is -1.69. The summed E-state index contributed by atoms with van der Waals surface area (Å²) < 4.78 is 0. The molecule has 0 spiro atoms. The third-order valence-electron chi connectivity index (χ3n) is 3.74. The van der Waals surface area contributed by atoms with Gasteiger partial charge in [-0.2, -0.15) is 0 Å². The maximum absolute atomic E-state index is 11.7. The number of amides is 1. The van der Waals surface area contributed by atoms with Crippen molar-refractivity contribution in [3.05, 3.63) is 17.6 Å². The fourth-order valence-electron chi connectivity index (χ4n) is 2.65. The first kappa shape index (κ1) is 15.7. The molecule has 0 bridgehead atoms. The molecule has 1 saturated heterocycles. The van der Waals surface area contributed by atoms with E-state index in [1.54, 1.807) is 0 Å². The maximum Gasteiger partial charge on any atom is 0.221 e. The van der Waals surface area contributed by atoms with Gasteiger partial charge < -0.3 is 15.5 Å². The van der Waals surface area contributed by atoms with Gasteiger partial charge in [0.15, 0.2) is 0 Å². The molecular weight excluding hydrogens is 266 g/mol. The first-order chi connectivity index (χ1) is 10.1. The molecule has 1 aliphatic heterocycles. The van der Waals surface area contributed by atoms with Gasteiger partial charge in [0.05, 0.1) is 0 Å². The Kier molecular flexibility index (Phi) is 5.50. The standard InChI is InChI=1S/C15H25N5O/c1-11-10-14(18-12(2)17-11)20-8-5-13(6-9-20)19-15(21)4-7-16-3/h10,13,16H,4-9H2,1-3H3,(H,19,21). The van der Waals surface area contributed by atoms with Crippen LogP contribution in [0.4, 0.5) is 5.82 Å². The van der Waals surface area contributed by atoms with Gasteiger partial charge in [0.2, 0.25) is 5.91 Å². The van der Waals surface area contributed by atoms with E-state index >= 15 is 0 Å². The number of carbonyl (C=O) groups is 1. The van der Waals surface area contributed by atoms with Gasteiger partial charge in [-0.05, 0) is 33.7 Å². The van der Waals surface area contributed by atoms with Crippen LogP contribution in [-0.2, 0) is 4.79 Å². The molecule has 6 nitrogen and oxygen atoms in total. The highest BCUT2D eigenvalue weighted by Crippen LogP contribution is 2.18. The second-order valence-electron chi connectivity index (χ2n) is 5.60. The van der Waals surface area contributed by atoms with Gasteiger partial charge in [0.1, 0.15) is 11.6 Å². The van der Waals surface area contributed by atoms with Crippen LogP contribution in [0.25, 0.3) is 0 Å². The molecule has 116 valence electrons. The van der Waals surface area contributed by atoms with Crippen LogP contribution in [0.3, 0.4) is 0 Å². The van der Waals surface area contributed by atoms with E-state index in [0.717, 1.165) is 49.8 Å². The van der Waals surface area contributed by atoms with E-state index in [2.05, 4.69) is 25.5 Å². The molecule has 0 radical (unpaired) electrons. The number of rotatable bonds is 5. The molecule has 2 N–H and O–H groups in total. The largest absolute Gasteiger partial charge is 0.356 e. The van der Waals surface area contributed by atoms with E-state index in [0.29, 0.717) is 6.42 Å². The molecule has 2 rings (SSSR count). The average molecular weight is 291 g/mol. The van der Waals surface area contributed by atoms with E-state index in [1.165, 1.54) is 0 Å². The summed E-state index contributed by atoms with van der Waals surface area (Å²) >= 11 is 0. The molecule has 1 amide bonds. The summed E-state index contributed by atoms with van der Waals surface area (Å²) in [5.41, 5.74) is 1.000. The Morgan fingerprint density at radius 3 is 2.67 bits per heavy atom. The molecule has 1 fully saturated rings. The number of aromatic nitrogens is 2. The van der Waals surface area contributed by atoms with E-state index in [-0.39, 0.29) is 11.9 Å². The summed E-state index contributed by atoms with van der Waals surface area (Å²) in [6.07, 6.45) is 2.47. The van der Waals surface area contributed by atoms with Gasteiger partial charge >= 0.3 is 0 Å². The van der Waals surface area contributed by atoms with Crippen molar-refractivity contribution < 1.29 is 4.79 Å². The fourth-order valence-corrected chi connectivity index (χ4v) is 2.65. The van der Waals surface area contributed by atoms with Gasteiger partial charge in [0, 0.05) is 43.9 Å². The van der Waals surface area contributed by atoms with Crippen molar-refractivity contribution in [2.24, 2.45) is 0 Å². The molecule has 1 aromatic rings. The lowest BCUT2D eigenvalue weighted by molar-refractivity contribution is -0.121. The fraction of sp³-hybridized carbons (Fsp3) is 0.667. The first-order valence-corrected chi connectivity index (χ1v) is 7.59. The molecule has 21 heavy (non-hydrogen) atoms. The second kappa shape index (κ2) is 7.36. The molecular formula is C15H25N5O. The van der Waals surface area contributed by atoms with Crippen molar-refractivity contribution >= 4 is 11.7 Å². The third kappa shape index (κ3) is 4.67. The number of anilines is 1. The lowest BCUT2D eigenvalue weighted by atomic mass is 10.0. The minimum atomic E-state index is 0.136. The van der Waals surface area contributed by atoms with E-state index in [1.807, 2.05) is 27.0 Å². The summed E-state index contributed by atoms with van der Waals surface area (Å²) in [4.78, 5) is 22.8. The Balaban J connectivity index is 1.84. The Morgan fingerprint density at radius 1 is 1.33 bits per heavy atom. The monoisotopic (exact) mass is 291 g/mol.